The Hall–Kier alpha value is -6.59. The molecular weight excluding hydrogens is 757 g/mol. The molecule has 0 unspecified atom stereocenters. The highest BCUT2D eigenvalue weighted by atomic mass is 16.5. The summed E-state index contributed by atoms with van der Waals surface area (Å²) in [4.78, 5) is 9.87. The number of ether oxygens (including phenoxy) is 1. The second kappa shape index (κ2) is 15.4. The number of benzene rings is 6. The van der Waals surface area contributed by atoms with Crippen LogP contribution in [0.4, 0.5) is 11.4 Å². The molecule has 0 saturated carbocycles. The van der Waals surface area contributed by atoms with Crippen molar-refractivity contribution in [2.45, 2.75) is 85.5 Å². The maximum atomic E-state index is 6.96. The van der Waals surface area contributed by atoms with E-state index < -0.39 is 0 Å². The molecule has 0 amide bonds. The smallest absolute Gasteiger partial charge is 0.137 e. The lowest BCUT2D eigenvalue weighted by molar-refractivity contribution is 0.483. The monoisotopic (exact) mass is 814 g/mol. The first-order chi connectivity index (χ1) is 29.6. The number of pyridine rings is 1. The SMILES string of the molecule is CC1=C(C)N(c2cc(C(C)(C)C)cc(C(C)(C)C)c2)CN1c1cc(Oc2ccc3c4ccccc4n(-c4cc(C(C)(C)c5ccccc5)ccn4)c3c2)cc(-c2ccccc2)c1. The number of allylic oxidation sites excluding steroid dienone is 2. The molecule has 0 saturated heterocycles. The van der Waals surface area contributed by atoms with E-state index in [1.165, 1.54) is 44.7 Å². The van der Waals surface area contributed by atoms with Crippen molar-refractivity contribution in [3.63, 3.8) is 0 Å². The molecule has 0 atom stereocenters. The Morgan fingerprint density at radius 2 is 1.06 bits per heavy atom. The largest absolute Gasteiger partial charge is 0.457 e. The van der Waals surface area contributed by atoms with E-state index in [0.717, 1.165) is 50.6 Å². The maximum Gasteiger partial charge on any atom is 0.137 e. The predicted molar refractivity (Wildman–Crippen MR) is 261 cm³/mol. The Morgan fingerprint density at radius 1 is 0.468 bits per heavy atom. The van der Waals surface area contributed by atoms with E-state index in [1.807, 2.05) is 6.20 Å². The summed E-state index contributed by atoms with van der Waals surface area (Å²) in [6.07, 6.45) is 1.94. The van der Waals surface area contributed by atoms with Gasteiger partial charge in [-0.25, -0.2) is 4.98 Å². The zero-order valence-electron chi connectivity index (χ0n) is 37.9. The molecule has 0 N–H and O–H groups in total. The van der Waals surface area contributed by atoms with Gasteiger partial charge in [-0.3, -0.25) is 4.57 Å². The number of anilines is 2. The highest BCUT2D eigenvalue weighted by Crippen LogP contribution is 2.42. The Morgan fingerprint density at radius 3 is 1.73 bits per heavy atom. The van der Waals surface area contributed by atoms with Crippen LogP contribution in [0.5, 0.6) is 11.5 Å². The van der Waals surface area contributed by atoms with Crippen molar-refractivity contribution >= 4 is 33.2 Å². The molecule has 5 heteroatoms. The first kappa shape index (κ1) is 40.8. The van der Waals surface area contributed by atoms with Crippen molar-refractivity contribution < 1.29 is 4.74 Å². The summed E-state index contributed by atoms with van der Waals surface area (Å²) in [5, 5.41) is 2.33. The van der Waals surface area contributed by atoms with E-state index in [4.69, 9.17) is 9.72 Å². The highest BCUT2D eigenvalue weighted by Gasteiger charge is 2.30. The molecule has 0 fully saturated rings. The summed E-state index contributed by atoms with van der Waals surface area (Å²) in [6, 6.07) is 54.5. The van der Waals surface area contributed by atoms with Gasteiger partial charge in [0.05, 0.1) is 17.7 Å². The standard InChI is InChI=1S/C57H58N4O/c1-38-39(2)60(47-32-44(55(3,4)5)31-45(33-47)56(6,7)8)37-59(38)46-29-41(40-19-13-11-14-20-40)30-49(35-46)62-48-25-26-51-50-23-17-18-24-52(50)61(53(51)36-48)54-34-43(27-28-58-54)57(9,10)42-21-15-12-16-22-42/h11-36H,37H2,1-10H3. The van der Waals surface area contributed by atoms with Gasteiger partial charge in [0.2, 0.25) is 0 Å². The van der Waals surface area contributed by atoms with E-state index in [0.29, 0.717) is 6.67 Å². The topological polar surface area (TPSA) is 33.5 Å². The fourth-order valence-electron chi connectivity index (χ4n) is 8.87. The Kier molecular flexibility index (Phi) is 10.1. The summed E-state index contributed by atoms with van der Waals surface area (Å²) < 4.78 is 9.24. The van der Waals surface area contributed by atoms with E-state index in [9.17, 15) is 0 Å². The van der Waals surface area contributed by atoms with Gasteiger partial charge >= 0.3 is 0 Å². The molecule has 312 valence electrons. The highest BCUT2D eigenvalue weighted by molar-refractivity contribution is 6.09. The van der Waals surface area contributed by atoms with Crippen molar-refractivity contribution in [1.82, 2.24) is 9.55 Å². The van der Waals surface area contributed by atoms with Gasteiger partial charge in [-0.15, -0.1) is 0 Å². The Bertz CT molecular complexity index is 2950. The molecule has 9 rings (SSSR count). The van der Waals surface area contributed by atoms with Crippen LogP contribution in [0.1, 0.15) is 91.5 Å². The van der Waals surface area contributed by atoms with Gasteiger partial charge < -0.3 is 14.5 Å². The molecule has 0 spiro atoms. The summed E-state index contributed by atoms with van der Waals surface area (Å²) in [5.41, 5.74) is 14.2. The summed E-state index contributed by atoms with van der Waals surface area (Å²) in [7, 11) is 0. The van der Waals surface area contributed by atoms with E-state index >= 15 is 0 Å². The van der Waals surface area contributed by atoms with Gasteiger partial charge in [0.25, 0.3) is 0 Å². The molecule has 8 aromatic rings. The minimum atomic E-state index is -0.211. The number of rotatable bonds is 8. The lowest BCUT2D eigenvalue weighted by Gasteiger charge is -2.30. The van der Waals surface area contributed by atoms with Crippen LogP contribution < -0.4 is 14.5 Å². The van der Waals surface area contributed by atoms with E-state index in [-0.39, 0.29) is 16.2 Å². The predicted octanol–water partition coefficient (Wildman–Crippen LogP) is 15.1. The second-order valence-corrected chi connectivity index (χ2v) is 19.5. The second-order valence-electron chi connectivity index (χ2n) is 19.5. The van der Waals surface area contributed by atoms with Crippen molar-refractivity contribution in [3.8, 4) is 28.4 Å². The molecule has 0 radical (unpaired) electrons. The molecule has 1 aliphatic rings. The minimum Gasteiger partial charge on any atom is -0.457 e. The number of para-hydroxylation sites is 1. The van der Waals surface area contributed by atoms with Crippen molar-refractivity contribution in [3.05, 3.63) is 192 Å². The Balaban J connectivity index is 1.12. The lowest BCUT2D eigenvalue weighted by Crippen LogP contribution is -2.28. The number of hydrogen-bond acceptors (Lipinski definition) is 4. The summed E-state index contributed by atoms with van der Waals surface area (Å²) in [6.45, 7) is 23.6. The first-order valence-corrected chi connectivity index (χ1v) is 21.9. The number of aromatic nitrogens is 2. The molecule has 3 heterocycles. The average molecular weight is 815 g/mol. The van der Waals surface area contributed by atoms with Crippen molar-refractivity contribution in [2.24, 2.45) is 0 Å². The zero-order valence-corrected chi connectivity index (χ0v) is 37.9. The molecule has 0 bridgehead atoms. The van der Waals surface area contributed by atoms with Crippen LogP contribution in [0, 0.1) is 0 Å². The molecule has 5 nitrogen and oxygen atoms in total. The molecule has 0 aliphatic carbocycles. The number of nitrogens with zero attached hydrogens (tertiary/aromatic N) is 4. The molecular formula is C57H58N4O. The van der Waals surface area contributed by atoms with Crippen LogP contribution in [0.25, 0.3) is 38.8 Å². The van der Waals surface area contributed by atoms with Gasteiger partial charge in [-0.1, -0.05) is 140 Å². The van der Waals surface area contributed by atoms with Crippen molar-refractivity contribution in [1.29, 1.82) is 0 Å². The van der Waals surface area contributed by atoms with Crippen molar-refractivity contribution in [2.75, 3.05) is 16.5 Å². The zero-order chi connectivity index (χ0) is 43.6. The number of hydrogen-bond donors (Lipinski definition) is 0. The van der Waals surface area contributed by atoms with E-state index in [1.54, 1.807) is 0 Å². The summed E-state index contributed by atoms with van der Waals surface area (Å²) in [5.74, 6) is 2.42. The van der Waals surface area contributed by atoms with Crippen LogP contribution >= 0.6 is 0 Å². The summed E-state index contributed by atoms with van der Waals surface area (Å²) >= 11 is 0. The van der Waals surface area contributed by atoms with Crippen LogP contribution in [-0.4, -0.2) is 16.2 Å². The quantitative estimate of drug-likeness (QED) is 0.153. The fraction of sp³-hybridized carbons (Fsp3) is 0.246. The van der Waals surface area contributed by atoms with Crippen LogP contribution in [0.15, 0.2) is 169 Å². The van der Waals surface area contributed by atoms with Gasteiger partial charge in [0.1, 0.15) is 17.3 Å². The third kappa shape index (κ3) is 7.55. The third-order valence-electron chi connectivity index (χ3n) is 13.0. The Labute approximate surface area is 367 Å². The molecule has 62 heavy (non-hydrogen) atoms. The third-order valence-corrected chi connectivity index (χ3v) is 13.0. The average Bonchev–Trinajstić information content (AvgIpc) is 3.76. The van der Waals surface area contributed by atoms with Crippen LogP contribution in [0.3, 0.4) is 0 Å². The van der Waals surface area contributed by atoms with Crippen LogP contribution in [0.2, 0.25) is 0 Å². The first-order valence-electron chi connectivity index (χ1n) is 21.9. The number of fused-ring (bicyclic) bond motifs is 3. The van der Waals surface area contributed by atoms with Gasteiger partial charge in [0.15, 0.2) is 0 Å². The lowest BCUT2D eigenvalue weighted by atomic mass is 9.78. The normalized spacial score (nSPS) is 13.8. The van der Waals surface area contributed by atoms with Gasteiger partial charge in [-0.05, 0) is 113 Å². The van der Waals surface area contributed by atoms with Crippen LogP contribution in [-0.2, 0) is 16.2 Å². The van der Waals surface area contributed by atoms with Gasteiger partial charge in [-0.2, -0.15) is 0 Å². The fourth-order valence-corrected chi connectivity index (χ4v) is 8.87. The molecule has 1 aliphatic heterocycles. The molecule has 6 aromatic carbocycles. The van der Waals surface area contributed by atoms with Gasteiger partial charge in [0, 0.05) is 57.3 Å². The van der Waals surface area contributed by atoms with E-state index in [2.05, 4.69) is 235 Å². The minimum absolute atomic E-state index is 0.0234. The molecule has 2 aromatic heterocycles. The maximum absolute atomic E-state index is 6.96.